The van der Waals surface area contributed by atoms with Gasteiger partial charge in [0, 0.05) is 0 Å². The van der Waals surface area contributed by atoms with Crippen molar-refractivity contribution in [1.29, 1.82) is 0 Å². The Hall–Kier alpha value is -1.59. The molecule has 13 heavy (non-hydrogen) atoms. The van der Waals surface area contributed by atoms with Crippen molar-refractivity contribution >= 4 is 5.69 Å². The lowest BCUT2D eigenvalue weighted by Crippen LogP contribution is -2.04. The summed E-state index contributed by atoms with van der Waals surface area (Å²) in [5.41, 5.74) is 5.76. The molecule has 0 saturated heterocycles. The van der Waals surface area contributed by atoms with Gasteiger partial charge in [-0.2, -0.15) is 4.98 Å². The van der Waals surface area contributed by atoms with Gasteiger partial charge in [-0.3, -0.25) is 0 Å². The van der Waals surface area contributed by atoms with E-state index in [0.29, 0.717) is 5.69 Å². The first-order valence-electron chi connectivity index (χ1n) is 3.63. The molecule has 1 rings (SSSR count). The summed E-state index contributed by atoms with van der Waals surface area (Å²) in [4.78, 5) is 7.50. The highest BCUT2D eigenvalue weighted by atomic mass is 19.1. The molecule has 1 heterocycles. The van der Waals surface area contributed by atoms with Crippen LogP contribution in [-0.2, 0) is 0 Å². The number of nitrogen functional groups attached to an aromatic ring is 1. The maximum Gasteiger partial charge on any atom is 0.319 e. The average Bonchev–Trinajstić information content (AvgIpc) is 2.16. The Balaban J connectivity index is 2.74. The number of hydrogen-bond donors (Lipinski definition) is 1. The molecular formula is C7H10FN3O2. The summed E-state index contributed by atoms with van der Waals surface area (Å²) >= 11 is 0. The lowest BCUT2D eigenvalue weighted by atomic mass is 10.5. The molecule has 0 aromatic carbocycles. The zero-order valence-corrected chi connectivity index (χ0v) is 7.16. The number of aromatic nitrogens is 2. The van der Waals surface area contributed by atoms with Crippen LogP contribution in [0.3, 0.4) is 0 Å². The van der Waals surface area contributed by atoms with Crippen LogP contribution in [0.2, 0.25) is 0 Å². The Labute approximate surface area is 74.7 Å². The summed E-state index contributed by atoms with van der Waals surface area (Å²) in [5.74, 6) is 0.226. The smallest absolute Gasteiger partial charge is 0.319 e. The molecule has 1 aromatic heterocycles. The normalized spacial score (nSPS) is 9.69. The molecule has 0 fully saturated rings. The first-order valence-corrected chi connectivity index (χ1v) is 3.63. The molecule has 0 radical (unpaired) electrons. The Bertz CT molecular complexity index is 282. The zero-order chi connectivity index (χ0) is 9.68. The third kappa shape index (κ3) is 2.43. The third-order valence-corrected chi connectivity index (χ3v) is 1.26. The van der Waals surface area contributed by atoms with Crippen LogP contribution in [0, 0.1) is 0 Å². The number of halogens is 1. The van der Waals surface area contributed by atoms with Crippen LogP contribution in [0.5, 0.6) is 11.9 Å². The predicted octanol–water partition coefficient (Wildman–Crippen LogP) is 0.416. The molecule has 0 saturated carbocycles. The summed E-state index contributed by atoms with van der Waals surface area (Å²) in [6.45, 7) is -0.664. The van der Waals surface area contributed by atoms with Crippen molar-refractivity contribution in [3.63, 3.8) is 0 Å². The van der Waals surface area contributed by atoms with Crippen molar-refractivity contribution in [1.82, 2.24) is 9.97 Å². The fourth-order valence-corrected chi connectivity index (χ4v) is 0.723. The van der Waals surface area contributed by atoms with Crippen LogP contribution in [-0.4, -0.2) is 30.4 Å². The van der Waals surface area contributed by atoms with E-state index < -0.39 is 6.67 Å². The SMILES string of the molecule is COc1nc(OCCF)ncc1N. The van der Waals surface area contributed by atoms with Crippen molar-refractivity contribution < 1.29 is 13.9 Å². The maximum atomic E-state index is 11.7. The topological polar surface area (TPSA) is 70.3 Å². The van der Waals surface area contributed by atoms with Crippen LogP contribution in [0.15, 0.2) is 6.20 Å². The molecule has 0 spiro atoms. The highest BCUT2D eigenvalue weighted by Gasteiger charge is 2.04. The van der Waals surface area contributed by atoms with Gasteiger partial charge >= 0.3 is 6.01 Å². The van der Waals surface area contributed by atoms with Gasteiger partial charge in [-0.25, -0.2) is 9.37 Å². The van der Waals surface area contributed by atoms with Crippen LogP contribution in [0.4, 0.5) is 10.1 Å². The second kappa shape index (κ2) is 4.44. The van der Waals surface area contributed by atoms with Crippen molar-refractivity contribution in [2.45, 2.75) is 0 Å². The van der Waals surface area contributed by atoms with Gasteiger partial charge in [-0.15, -0.1) is 0 Å². The molecular weight excluding hydrogens is 177 g/mol. The van der Waals surface area contributed by atoms with Crippen molar-refractivity contribution in [3.8, 4) is 11.9 Å². The van der Waals surface area contributed by atoms with Gasteiger partial charge in [0.2, 0.25) is 5.88 Å². The Kier molecular flexibility index (Phi) is 3.24. The van der Waals surface area contributed by atoms with Crippen molar-refractivity contribution in [3.05, 3.63) is 6.20 Å². The third-order valence-electron chi connectivity index (χ3n) is 1.26. The van der Waals surface area contributed by atoms with E-state index in [1.807, 2.05) is 0 Å². The molecule has 2 N–H and O–H groups in total. The largest absolute Gasteiger partial charge is 0.479 e. The summed E-state index contributed by atoms with van der Waals surface area (Å²) in [6, 6.07) is 0.0590. The summed E-state index contributed by atoms with van der Waals surface area (Å²) < 4.78 is 21.3. The molecule has 72 valence electrons. The minimum absolute atomic E-state index is 0.0590. The van der Waals surface area contributed by atoms with Gasteiger partial charge in [0.25, 0.3) is 0 Å². The number of anilines is 1. The zero-order valence-electron chi connectivity index (χ0n) is 7.16. The molecule has 0 aliphatic rings. The number of ether oxygens (including phenoxy) is 2. The molecule has 6 heteroatoms. The van der Waals surface area contributed by atoms with E-state index in [2.05, 4.69) is 9.97 Å². The fraction of sp³-hybridized carbons (Fsp3) is 0.429. The second-order valence-corrected chi connectivity index (χ2v) is 2.15. The van der Waals surface area contributed by atoms with Crippen LogP contribution in [0.25, 0.3) is 0 Å². The van der Waals surface area contributed by atoms with Crippen LogP contribution >= 0.6 is 0 Å². The fourth-order valence-electron chi connectivity index (χ4n) is 0.723. The molecule has 0 amide bonds. The minimum Gasteiger partial charge on any atom is -0.479 e. The molecule has 1 aromatic rings. The predicted molar refractivity (Wildman–Crippen MR) is 44.5 cm³/mol. The van der Waals surface area contributed by atoms with E-state index in [-0.39, 0.29) is 18.5 Å². The number of rotatable bonds is 4. The highest BCUT2D eigenvalue weighted by Crippen LogP contribution is 2.18. The summed E-state index contributed by atoms with van der Waals surface area (Å²) in [5, 5.41) is 0. The van der Waals surface area contributed by atoms with E-state index in [4.69, 9.17) is 15.2 Å². The monoisotopic (exact) mass is 187 g/mol. The number of alkyl halides is 1. The number of nitrogens with two attached hydrogens (primary N) is 1. The number of methoxy groups -OCH3 is 1. The van der Waals surface area contributed by atoms with E-state index in [9.17, 15) is 4.39 Å². The van der Waals surface area contributed by atoms with Crippen molar-refractivity contribution in [2.75, 3.05) is 26.1 Å². The minimum atomic E-state index is -0.587. The molecule has 0 atom stereocenters. The van der Waals surface area contributed by atoms with Gasteiger partial charge in [0.05, 0.1) is 13.3 Å². The van der Waals surface area contributed by atoms with E-state index in [1.165, 1.54) is 13.3 Å². The standard InChI is InChI=1S/C7H10FN3O2/c1-12-6-5(9)4-10-7(11-6)13-3-2-8/h4H,2-3,9H2,1H3. The van der Waals surface area contributed by atoms with E-state index >= 15 is 0 Å². The summed E-state index contributed by atoms with van der Waals surface area (Å²) in [7, 11) is 1.43. The van der Waals surface area contributed by atoms with E-state index in [1.54, 1.807) is 0 Å². The van der Waals surface area contributed by atoms with Crippen LogP contribution in [0.1, 0.15) is 0 Å². The highest BCUT2D eigenvalue weighted by molar-refractivity contribution is 5.45. The Morgan fingerprint density at radius 3 is 3.00 bits per heavy atom. The lowest BCUT2D eigenvalue weighted by molar-refractivity contribution is 0.251. The lowest BCUT2D eigenvalue weighted by Gasteiger charge is -2.04. The molecule has 5 nitrogen and oxygen atoms in total. The first-order chi connectivity index (χ1) is 6.27. The number of nitrogens with zero attached hydrogens (tertiary/aromatic N) is 2. The Morgan fingerprint density at radius 2 is 2.38 bits per heavy atom. The summed E-state index contributed by atoms with van der Waals surface area (Å²) in [6.07, 6.45) is 1.35. The molecule has 0 aliphatic carbocycles. The molecule has 0 bridgehead atoms. The van der Waals surface area contributed by atoms with Gasteiger partial charge in [0.1, 0.15) is 19.0 Å². The molecule has 0 aliphatic heterocycles. The first kappa shape index (κ1) is 9.50. The van der Waals surface area contributed by atoms with Gasteiger partial charge in [-0.05, 0) is 0 Å². The quantitative estimate of drug-likeness (QED) is 0.739. The number of hydrogen-bond acceptors (Lipinski definition) is 5. The van der Waals surface area contributed by atoms with Gasteiger partial charge in [-0.1, -0.05) is 0 Å². The second-order valence-electron chi connectivity index (χ2n) is 2.15. The molecule has 0 unspecified atom stereocenters. The maximum absolute atomic E-state index is 11.7. The Morgan fingerprint density at radius 1 is 1.62 bits per heavy atom. The van der Waals surface area contributed by atoms with E-state index in [0.717, 1.165) is 0 Å². The van der Waals surface area contributed by atoms with Gasteiger partial charge in [0.15, 0.2) is 0 Å². The van der Waals surface area contributed by atoms with Gasteiger partial charge < -0.3 is 15.2 Å². The van der Waals surface area contributed by atoms with Crippen LogP contribution < -0.4 is 15.2 Å². The average molecular weight is 187 g/mol. The van der Waals surface area contributed by atoms with Crippen molar-refractivity contribution in [2.24, 2.45) is 0 Å².